The van der Waals surface area contributed by atoms with E-state index in [1.807, 2.05) is 75.4 Å². The summed E-state index contributed by atoms with van der Waals surface area (Å²) in [4.78, 5) is 13.0. The largest absolute Gasteiger partial charge is 0.316 e. The molecule has 1 aromatic heterocycles. The number of hydrogen-bond acceptors (Lipinski definition) is 2. The Kier molecular flexibility index (Phi) is 5.07. The van der Waals surface area contributed by atoms with Crippen molar-refractivity contribution in [3.63, 3.8) is 0 Å². The van der Waals surface area contributed by atoms with Crippen molar-refractivity contribution in [2.24, 2.45) is 5.10 Å². The van der Waals surface area contributed by atoms with Gasteiger partial charge in [-0.15, -0.1) is 0 Å². The van der Waals surface area contributed by atoms with Crippen LogP contribution in [0.15, 0.2) is 65.3 Å². The maximum Gasteiger partial charge on any atom is 0.280 e. The second-order valence-corrected chi connectivity index (χ2v) is 7.80. The van der Waals surface area contributed by atoms with E-state index in [0.717, 1.165) is 28.3 Å². The quantitative estimate of drug-likeness (QED) is 0.461. The highest BCUT2D eigenvalue weighted by atomic mass is 35.5. The average molecular weight is 424 g/mol. The van der Waals surface area contributed by atoms with Gasteiger partial charge in [-0.2, -0.15) is 10.1 Å². The molecule has 0 saturated carbocycles. The summed E-state index contributed by atoms with van der Waals surface area (Å²) in [5.41, 5.74) is 5.81. The summed E-state index contributed by atoms with van der Waals surface area (Å²) < 4.78 is 2.06. The third-order valence-electron chi connectivity index (χ3n) is 4.98. The van der Waals surface area contributed by atoms with Crippen LogP contribution in [0.2, 0.25) is 10.0 Å². The number of halogens is 2. The number of anilines is 1. The first-order valence-electron chi connectivity index (χ1n) is 9.18. The van der Waals surface area contributed by atoms with Crippen molar-refractivity contribution >= 4 is 46.6 Å². The SMILES string of the molecule is CC1=NN(c2ccccc2)C(=O)/C1=C/c1cc(C)n(-c2ccc(Cl)cc2Cl)c1C. The number of para-hydroxylation sites is 1. The Hall–Kier alpha value is -2.82. The Morgan fingerprint density at radius 2 is 1.69 bits per heavy atom. The van der Waals surface area contributed by atoms with Crippen LogP contribution in [0, 0.1) is 13.8 Å². The van der Waals surface area contributed by atoms with Crippen molar-refractivity contribution in [3.05, 3.63) is 87.2 Å². The predicted octanol–water partition coefficient (Wildman–Crippen LogP) is 6.21. The smallest absolute Gasteiger partial charge is 0.280 e. The molecule has 0 unspecified atom stereocenters. The van der Waals surface area contributed by atoms with E-state index >= 15 is 0 Å². The van der Waals surface area contributed by atoms with E-state index in [1.54, 1.807) is 6.07 Å². The molecular weight excluding hydrogens is 405 g/mol. The van der Waals surface area contributed by atoms with Gasteiger partial charge in [0.25, 0.3) is 5.91 Å². The van der Waals surface area contributed by atoms with Crippen LogP contribution < -0.4 is 5.01 Å². The Morgan fingerprint density at radius 3 is 2.38 bits per heavy atom. The fraction of sp³-hybridized carbons (Fsp3) is 0.130. The fourth-order valence-electron chi connectivity index (χ4n) is 3.55. The first-order chi connectivity index (χ1) is 13.9. The molecule has 2 aromatic carbocycles. The molecule has 3 aromatic rings. The topological polar surface area (TPSA) is 37.6 Å². The summed E-state index contributed by atoms with van der Waals surface area (Å²) in [6.45, 7) is 5.86. The van der Waals surface area contributed by atoms with Gasteiger partial charge in [-0.1, -0.05) is 41.4 Å². The summed E-state index contributed by atoms with van der Waals surface area (Å²) in [5, 5.41) is 7.05. The number of hydrogen-bond donors (Lipinski definition) is 0. The monoisotopic (exact) mass is 423 g/mol. The molecule has 2 heterocycles. The molecule has 0 atom stereocenters. The number of carbonyl (C=O) groups is 1. The number of benzene rings is 2. The average Bonchev–Trinajstić information content (AvgIpc) is 3.13. The van der Waals surface area contributed by atoms with Crippen LogP contribution in [0.1, 0.15) is 23.9 Å². The van der Waals surface area contributed by atoms with E-state index in [4.69, 9.17) is 23.2 Å². The van der Waals surface area contributed by atoms with Crippen LogP contribution in [0.5, 0.6) is 0 Å². The number of hydrazone groups is 1. The van der Waals surface area contributed by atoms with Crippen molar-refractivity contribution in [1.29, 1.82) is 0 Å². The van der Waals surface area contributed by atoms with Gasteiger partial charge in [0.05, 0.1) is 27.7 Å². The highest BCUT2D eigenvalue weighted by Gasteiger charge is 2.29. The van der Waals surface area contributed by atoms with Crippen LogP contribution in [0.25, 0.3) is 11.8 Å². The van der Waals surface area contributed by atoms with E-state index in [9.17, 15) is 4.79 Å². The van der Waals surface area contributed by atoms with E-state index in [2.05, 4.69) is 9.67 Å². The zero-order chi connectivity index (χ0) is 20.7. The van der Waals surface area contributed by atoms with E-state index in [1.165, 1.54) is 5.01 Å². The van der Waals surface area contributed by atoms with Gasteiger partial charge < -0.3 is 4.57 Å². The van der Waals surface area contributed by atoms with Gasteiger partial charge in [0.2, 0.25) is 0 Å². The first kappa shape index (κ1) is 19.5. The van der Waals surface area contributed by atoms with Crippen LogP contribution in [-0.2, 0) is 4.79 Å². The number of aromatic nitrogens is 1. The van der Waals surface area contributed by atoms with Crippen molar-refractivity contribution in [1.82, 2.24) is 4.57 Å². The summed E-state index contributed by atoms with van der Waals surface area (Å²) in [5.74, 6) is -0.136. The molecule has 0 saturated heterocycles. The third-order valence-corrected chi connectivity index (χ3v) is 5.52. The summed E-state index contributed by atoms with van der Waals surface area (Å²) >= 11 is 12.5. The van der Waals surface area contributed by atoms with E-state index in [0.29, 0.717) is 21.3 Å². The summed E-state index contributed by atoms with van der Waals surface area (Å²) in [7, 11) is 0. The number of nitrogens with zero attached hydrogens (tertiary/aromatic N) is 3. The maximum absolute atomic E-state index is 13.0. The second-order valence-electron chi connectivity index (χ2n) is 6.95. The molecule has 4 rings (SSSR count). The van der Waals surface area contributed by atoms with Gasteiger partial charge >= 0.3 is 0 Å². The van der Waals surface area contributed by atoms with Gasteiger partial charge in [-0.25, -0.2) is 0 Å². The van der Waals surface area contributed by atoms with Crippen molar-refractivity contribution in [3.8, 4) is 5.69 Å². The molecule has 29 heavy (non-hydrogen) atoms. The van der Waals surface area contributed by atoms with E-state index in [-0.39, 0.29) is 5.91 Å². The molecule has 0 radical (unpaired) electrons. The lowest BCUT2D eigenvalue weighted by atomic mass is 10.1. The predicted molar refractivity (Wildman–Crippen MR) is 120 cm³/mol. The lowest BCUT2D eigenvalue weighted by Crippen LogP contribution is -2.21. The molecule has 0 spiro atoms. The van der Waals surface area contributed by atoms with Gasteiger partial charge in [-0.05, 0) is 68.8 Å². The molecule has 0 aliphatic carbocycles. The third kappa shape index (κ3) is 3.50. The normalized spacial score (nSPS) is 15.3. The minimum atomic E-state index is -0.136. The molecule has 6 heteroatoms. The molecule has 0 fully saturated rings. The zero-order valence-electron chi connectivity index (χ0n) is 16.3. The van der Waals surface area contributed by atoms with E-state index < -0.39 is 0 Å². The van der Waals surface area contributed by atoms with Gasteiger partial charge in [0.15, 0.2) is 0 Å². The minimum Gasteiger partial charge on any atom is -0.316 e. The molecule has 0 N–H and O–H groups in total. The molecule has 1 aliphatic rings. The zero-order valence-corrected chi connectivity index (χ0v) is 17.8. The van der Waals surface area contributed by atoms with Crippen molar-refractivity contribution in [2.75, 3.05) is 5.01 Å². The molecular formula is C23H19Cl2N3O. The summed E-state index contributed by atoms with van der Waals surface area (Å²) in [6, 6.07) is 16.9. The second kappa shape index (κ2) is 7.54. The number of aryl methyl sites for hydroxylation is 1. The summed E-state index contributed by atoms with van der Waals surface area (Å²) in [6.07, 6.45) is 1.90. The number of carbonyl (C=O) groups excluding carboxylic acids is 1. The van der Waals surface area contributed by atoms with Crippen LogP contribution in [0.4, 0.5) is 5.69 Å². The standard InChI is InChI=1S/C23H19Cl2N3O/c1-14-11-17(16(3)27(14)22-10-9-18(24)13-21(22)25)12-20-15(2)26-28(23(20)29)19-7-5-4-6-8-19/h4-13H,1-3H3/b20-12+. The van der Waals surface area contributed by atoms with Gasteiger partial charge in [0, 0.05) is 16.4 Å². The highest BCUT2D eigenvalue weighted by Crippen LogP contribution is 2.31. The first-order valence-corrected chi connectivity index (χ1v) is 9.93. The van der Waals surface area contributed by atoms with Crippen LogP contribution in [-0.4, -0.2) is 16.2 Å². The van der Waals surface area contributed by atoms with Crippen molar-refractivity contribution < 1.29 is 4.79 Å². The maximum atomic E-state index is 13.0. The fourth-order valence-corrected chi connectivity index (χ4v) is 4.04. The molecule has 0 bridgehead atoms. The molecule has 146 valence electrons. The lowest BCUT2D eigenvalue weighted by Gasteiger charge is -2.12. The van der Waals surface area contributed by atoms with Crippen LogP contribution in [0.3, 0.4) is 0 Å². The Labute approximate surface area is 179 Å². The Balaban J connectivity index is 1.74. The highest BCUT2D eigenvalue weighted by molar-refractivity contribution is 6.35. The van der Waals surface area contributed by atoms with Crippen LogP contribution >= 0.6 is 23.2 Å². The molecule has 4 nitrogen and oxygen atoms in total. The minimum absolute atomic E-state index is 0.136. The molecule has 1 aliphatic heterocycles. The van der Waals surface area contributed by atoms with Crippen molar-refractivity contribution in [2.45, 2.75) is 20.8 Å². The molecule has 1 amide bonds. The van der Waals surface area contributed by atoms with Gasteiger partial charge in [-0.3, -0.25) is 4.79 Å². The Morgan fingerprint density at radius 1 is 0.966 bits per heavy atom. The number of rotatable bonds is 3. The Bertz CT molecular complexity index is 1180. The lowest BCUT2D eigenvalue weighted by molar-refractivity contribution is -0.114. The van der Waals surface area contributed by atoms with Gasteiger partial charge in [0.1, 0.15) is 0 Å². The number of amides is 1.